The van der Waals surface area contributed by atoms with Gasteiger partial charge in [0, 0.05) is 44.8 Å². The topological polar surface area (TPSA) is 90.0 Å². The molecule has 0 aromatic heterocycles. The molecule has 1 aliphatic heterocycles. The Morgan fingerprint density at radius 1 is 1.10 bits per heavy atom. The van der Waals surface area contributed by atoms with E-state index in [4.69, 9.17) is 0 Å². The molecule has 3 rings (SSSR count). The average molecular weight is 437 g/mol. The number of sulfonamides is 1. The molecule has 1 saturated carbocycles. The van der Waals surface area contributed by atoms with Gasteiger partial charge >= 0.3 is 0 Å². The third kappa shape index (κ3) is 5.39. The van der Waals surface area contributed by atoms with E-state index < -0.39 is 10.0 Å². The second-order valence-corrected chi connectivity index (χ2v) is 10.2. The highest BCUT2D eigenvalue weighted by Gasteiger charge is 2.29. The molecule has 9 heteroatoms. The Bertz CT molecular complexity index is 850. The predicted molar refractivity (Wildman–Crippen MR) is 115 cm³/mol. The lowest BCUT2D eigenvalue weighted by Gasteiger charge is -2.32. The molecule has 1 heterocycles. The summed E-state index contributed by atoms with van der Waals surface area (Å²) in [5.74, 6) is -0.440. The first-order valence-electron chi connectivity index (χ1n) is 10.6. The number of rotatable bonds is 7. The van der Waals surface area contributed by atoms with E-state index in [2.05, 4.69) is 17.3 Å². The maximum Gasteiger partial charge on any atom is 0.253 e. The number of carbonyl (C=O) groups excluding carboxylic acids is 2. The third-order valence-electron chi connectivity index (χ3n) is 6.08. The van der Waals surface area contributed by atoms with Crippen LogP contribution in [0.25, 0.3) is 0 Å². The van der Waals surface area contributed by atoms with E-state index in [1.54, 1.807) is 24.1 Å². The molecule has 2 fully saturated rings. The summed E-state index contributed by atoms with van der Waals surface area (Å²) in [6.45, 7) is 1.80. The van der Waals surface area contributed by atoms with Crippen molar-refractivity contribution in [1.29, 1.82) is 0 Å². The number of nitrogens with zero attached hydrogens (tertiary/aromatic N) is 3. The predicted octanol–water partition coefficient (Wildman–Crippen LogP) is 1.14. The van der Waals surface area contributed by atoms with Crippen molar-refractivity contribution in [3.05, 3.63) is 29.8 Å². The van der Waals surface area contributed by atoms with Gasteiger partial charge in [-0.1, -0.05) is 19.3 Å². The van der Waals surface area contributed by atoms with Gasteiger partial charge in [0.25, 0.3) is 5.91 Å². The molecule has 1 aromatic carbocycles. The summed E-state index contributed by atoms with van der Waals surface area (Å²) in [4.78, 5) is 28.4. The molecule has 1 saturated heterocycles. The van der Waals surface area contributed by atoms with Gasteiger partial charge in [0.15, 0.2) is 0 Å². The van der Waals surface area contributed by atoms with Gasteiger partial charge in [0.05, 0.1) is 11.4 Å². The number of piperazine rings is 1. The molecule has 30 heavy (non-hydrogen) atoms. The molecule has 8 nitrogen and oxygen atoms in total. The van der Waals surface area contributed by atoms with E-state index in [0.717, 1.165) is 10.8 Å². The Hall–Kier alpha value is -1.97. The lowest BCUT2D eigenvalue weighted by molar-refractivity contribution is -0.122. The SMILES string of the molecule is CN(CCN(C)C1CCCCC1)C(=O)c1ccc(S(=O)(=O)N2CCNC(=O)C2)cc1. The Balaban J connectivity index is 1.58. The van der Waals surface area contributed by atoms with Crippen LogP contribution in [0.15, 0.2) is 29.2 Å². The van der Waals surface area contributed by atoms with Crippen molar-refractivity contribution in [3.8, 4) is 0 Å². The molecule has 2 aliphatic rings. The van der Waals surface area contributed by atoms with Gasteiger partial charge in [-0.05, 0) is 44.2 Å². The molecule has 2 amide bonds. The minimum atomic E-state index is -3.75. The highest BCUT2D eigenvalue weighted by atomic mass is 32.2. The number of amides is 2. The molecule has 0 bridgehead atoms. The Labute approximate surface area is 179 Å². The van der Waals surface area contributed by atoms with Crippen LogP contribution in [0, 0.1) is 0 Å². The number of nitrogens with one attached hydrogen (secondary N) is 1. The van der Waals surface area contributed by atoms with Gasteiger partial charge in [-0.3, -0.25) is 9.59 Å². The Morgan fingerprint density at radius 2 is 1.77 bits per heavy atom. The van der Waals surface area contributed by atoms with Crippen LogP contribution in [0.3, 0.4) is 0 Å². The fourth-order valence-corrected chi connectivity index (χ4v) is 5.47. The van der Waals surface area contributed by atoms with E-state index >= 15 is 0 Å². The van der Waals surface area contributed by atoms with Crippen molar-refractivity contribution in [2.24, 2.45) is 0 Å². The Morgan fingerprint density at radius 3 is 2.40 bits per heavy atom. The van der Waals surface area contributed by atoms with E-state index in [-0.39, 0.29) is 29.8 Å². The van der Waals surface area contributed by atoms with Crippen molar-refractivity contribution in [3.63, 3.8) is 0 Å². The zero-order chi connectivity index (χ0) is 21.7. The summed E-state index contributed by atoms with van der Waals surface area (Å²) < 4.78 is 26.6. The average Bonchev–Trinajstić information content (AvgIpc) is 2.77. The zero-order valence-electron chi connectivity index (χ0n) is 17.8. The quantitative estimate of drug-likeness (QED) is 0.692. The van der Waals surface area contributed by atoms with Gasteiger partial charge < -0.3 is 15.1 Å². The first kappa shape index (κ1) is 22.7. The van der Waals surface area contributed by atoms with E-state index in [9.17, 15) is 18.0 Å². The summed E-state index contributed by atoms with van der Waals surface area (Å²) in [5, 5.41) is 2.61. The molecule has 0 spiro atoms. The van der Waals surface area contributed by atoms with Crippen molar-refractivity contribution in [1.82, 2.24) is 19.4 Å². The molecule has 166 valence electrons. The van der Waals surface area contributed by atoms with Crippen LogP contribution in [-0.4, -0.2) is 87.2 Å². The molecule has 0 atom stereocenters. The van der Waals surface area contributed by atoms with Crippen molar-refractivity contribution < 1.29 is 18.0 Å². The van der Waals surface area contributed by atoms with Crippen LogP contribution in [0.1, 0.15) is 42.5 Å². The lowest BCUT2D eigenvalue weighted by atomic mass is 9.94. The van der Waals surface area contributed by atoms with E-state index in [1.807, 2.05) is 0 Å². The largest absolute Gasteiger partial charge is 0.354 e. The van der Waals surface area contributed by atoms with Crippen molar-refractivity contribution in [2.45, 2.75) is 43.0 Å². The molecule has 1 aliphatic carbocycles. The molecule has 0 unspecified atom stereocenters. The van der Waals surface area contributed by atoms with Crippen LogP contribution in [0.5, 0.6) is 0 Å². The number of likely N-dealkylation sites (N-methyl/N-ethyl adjacent to an activating group) is 2. The normalized spacial score (nSPS) is 19.0. The van der Waals surface area contributed by atoms with Crippen LogP contribution in [0.4, 0.5) is 0 Å². The summed E-state index contributed by atoms with van der Waals surface area (Å²) in [7, 11) is 0.141. The van der Waals surface area contributed by atoms with Crippen molar-refractivity contribution >= 4 is 21.8 Å². The maximum atomic E-state index is 12.7. The molecular formula is C21H32N4O4S. The highest BCUT2D eigenvalue weighted by molar-refractivity contribution is 7.89. The molecule has 1 aromatic rings. The second-order valence-electron chi connectivity index (χ2n) is 8.21. The fraction of sp³-hybridized carbons (Fsp3) is 0.619. The minimum Gasteiger partial charge on any atom is -0.354 e. The Kier molecular flexibility index (Phi) is 7.49. The highest BCUT2D eigenvalue weighted by Crippen LogP contribution is 2.21. The van der Waals surface area contributed by atoms with Crippen LogP contribution in [-0.2, 0) is 14.8 Å². The molecule has 1 N–H and O–H groups in total. The molecular weight excluding hydrogens is 404 g/mol. The summed E-state index contributed by atoms with van der Waals surface area (Å²) in [6, 6.07) is 6.57. The van der Waals surface area contributed by atoms with Crippen LogP contribution < -0.4 is 5.32 Å². The first-order chi connectivity index (χ1) is 14.3. The number of benzene rings is 1. The third-order valence-corrected chi connectivity index (χ3v) is 7.93. The zero-order valence-corrected chi connectivity index (χ0v) is 18.7. The fourth-order valence-electron chi connectivity index (χ4n) is 4.07. The van der Waals surface area contributed by atoms with E-state index in [0.29, 0.717) is 24.7 Å². The summed E-state index contributed by atoms with van der Waals surface area (Å²) >= 11 is 0. The van der Waals surface area contributed by atoms with Crippen LogP contribution >= 0.6 is 0 Å². The monoisotopic (exact) mass is 436 g/mol. The van der Waals surface area contributed by atoms with Gasteiger partial charge in [0.1, 0.15) is 0 Å². The van der Waals surface area contributed by atoms with Gasteiger partial charge in [0.2, 0.25) is 15.9 Å². The standard InChI is InChI=1S/C21H32N4O4S/c1-23(18-6-4-3-5-7-18)14-15-24(2)21(27)17-8-10-19(11-9-17)30(28,29)25-13-12-22-20(26)16-25/h8-11,18H,3-7,12-16H2,1-2H3,(H,22,26). The van der Waals surface area contributed by atoms with Gasteiger partial charge in [-0.15, -0.1) is 0 Å². The number of hydrogen-bond acceptors (Lipinski definition) is 5. The van der Waals surface area contributed by atoms with Gasteiger partial charge in [-0.2, -0.15) is 4.31 Å². The minimum absolute atomic E-state index is 0.0911. The van der Waals surface area contributed by atoms with E-state index in [1.165, 1.54) is 44.2 Å². The lowest BCUT2D eigenvalue weighted by Crippen LogP contribution is -2.49. The number of hydrogen-bond donors (Lipinski definition) is 1. The van der Waals surface area contributed by atoms with Gasteiger partial charge in [-0.25, -0.2) is 8.42 Å². The van der Waals surface area contributed by atoms with Crippen LogP contribution in [0.2, 0.25) is 0 Å². The first-order valence-corrected chi connectivity index (χ1v) is 12.1. The summed E-state index contributed by atoms with van der Waals surface area (Å²) in [5.41, 5.74) is 0.452. The number of carbonyl (C=O) groups is 2. The smallest absolute Gasteiger partial charge is 0.253 e. The van der Waals surface area contributed by atoms with Crippen molar-refractivity contribution in [2.75, 3.05) is 46.8 Å². The molecule has 0 radical (unpaired) electrons. The second kappa shape index (κ2) is 9.89. The summed E-state index contributed by atoms with van der Waals surface area (Å²) in [6.07, 6.45) is 6.33. The maximum absolute atomic E-state index is 12.7.